The van der Waals surface area contributed by atoms with Crippen LogP contribution in [-0.2, 0) is 29.1 Å². The topological polar surface area (TPSA) is 331 Å². The Bertz CT molecular complexity index is 5920. The van der Waals surface area contributed by atoms with Crippen LogP contribution < -0.4 is 46.6 Å². The number of piperidine rings is 4. The first-order chi connectivity index (χ1) is 62.0. The van der Waals surface area contributed by atoms with Gasteiger partial charge in [0.25, 0.3) is 17.3 Å². The fraction of sp³-hybridized carbons (Fsp3) is 0.283. The number of nitrogens with zero attached hydrogens (tertiary/aromatic N) is 14. The molecule has 4 aromatic heterocycles. The molecule has 1 amide bonds. The molecule has 129 heavy (non-hydrogen) atoms. The number of nitro benzene ring substituents is 2. The summed E-state index contributed by atoms with van der Waals surface area (Å²) in [4.78, 5) is 88.6. The van der Waals surface area contributed by atoms with E-state index in [2.05, 4.69) is 80.7 Å². The number of nitro groups is 2. The maximum Gasteiger partial charge on any atom is 0.416 e. The molecular formula is C92H89ClF9N19O7S. The predicted octanol–water partition coefficient (Wildman–Crippen LogP) is 22.8. The highest BCUT2D eigenvalue weighted by Gasteiger charge is 2.34. The summed E-state index contributed by atoms with van der Waals surface area (Å²) in [5.41, 5.74) is 15.0. The van der Waals surface area contributed by atoms with Gasteiger partial charge in [0.1, 0.15) is 47.9 Å². The van der Waals surface area contributed by atoms with Gasteiger partial charge in [-0.3, -0.25) is 29.8 Å². The number of benzene rings is 8. The number of hydrogen-bond donors (Lipinski definition) is 6. The quantitative estimate of drug-likeness (QED) is 0.00865. The van der Waals surface area contributed by atoms with E-state index in [4.69, 9.17) is 22.4 Å². The summed E-state index contributed by atoms with van der Waals surface area (Å²) < 4.78 is 118. The highest BCUT2D eigenvalue weighted by molar-refractivity contribution is 7.98. The largest absolute Gasteiger partial charge is 0.481 e. The number of carbonyl (C=O) groups excluding carboxylic acids is 1. The number of thioether (sulfide) groups is 1. The first-order valence-corrected chi connectivity index (χ1v) is 43.1. The fourth-order valence-electron chi connectivity index (χ4n) is 15.1. The van der Waals surface area contributed by atoms with Crippen molar-refractivity contribution < 1.29 is 64.1 Å². The van der Waals surface area contributed by atoms with E-state index in [9.17, 15) is 69.3 Å². The summed E-state index contributed by atoms with van der Waals surface area (Å²) in [6.07, 6.45) is 5.67. The Morgan fingerprint density at radius 1 is 0.419 bits per heavy atom. The second-order valence-electron chi connectivity index (χ2n) is 30.7. The van der Waals surface area contributed by atoms with Crippen molar-refractivity contribution in [2.75, 3.05) is 105 Å². The Labute approximate surface area is 745 Å². The lowest BCUT2D eigenvalue weighted by molar-refractivity contribution is -0.384. The number of alkyl halides is 9. The Hall–Kier alpha value is -13.8. The minimum atomic E-state index is -4.48. The number of aliphatic carboxylic acids is 1. The van der Waals surface area contributed by atoms with Crippen LogP contribution in [0.2, 0.25) is 5.15 Å². The third kappa shape index (κ3) is 26.0. The lowest BCUT2D eigenvalue weighted by Crippen LogP contribution is -2.29. The number of carboxylic acid groups (broad SMARTS) is 1. The van der Waals surface area contributed by atoms with Gasteiger partial charge in [-0.05, 0) is 210 Å². The van der Waals surface area contributed by atoms with E-state index in [0.717, 1.165) is 180 Å². The van der Waals surface area contributed by atoms with Gasteiger partial charge in [0.2, 0.25) is 0 Å². The number of hydrogen-bond acceptors (Lipinski definition) is 23. The van der Waals surface area contributed by atoms with Crippen LogP contribution in [0.25, 0.3) is 45.0 Å². The van der Waals surface area contributed by atoms with Crippen molar-refractivity contribution >= 4 is 115 Å². The number of carbonyl (C=O) groups is 2. The minimum absolute atomic E-state index is 0.0236. The second kappa shape index (κ2) is 43.2. The molecule has 7 N–H and O–H groups in total. The molecule has 8 aromatic carbocycles. The molecule has 37 heteroatoms. The van der Waals surface area contributed by atoms with Gasteiger partial charge in [-0.1, -0.05) is 41.9 Å². The van der Waals surface area contributed by atoms with Crippen LogP contribution in [0.5, 0.6) is 0 Å². The van der Waals surface area contributed by atoms with E-state index in [1.165, 1.54) is 105 Å². The van der Waals surface area contributed by atoms with Crippen LogP contribution in [0.4, 0.5) is 120 Å². The van der Waals surface area contributed by atoms with E-state index in [1.54, 1.807) is 60.7 Å². The van der Waals surface area contributed by atoms with Gasteiger partial charge < -0.3 is 51.7 Å². The molecule has 0 radical (unpaired) electrons. The Kier molecular flexibility index (Phi) is 31.1. The number of amides is 1. The number of nitrogen functional groups attached to an aromatic ring is 1. The van der Waals surface area contributed by atoms with Crippen LogP contribution in [0.15, 0.2) is 219 Å². The van der Waals surface area contributed by atoms with Crippen molar-refractivity contribution in [2.45, 2.75) is 108 Å². The van der Waals surface area contributed by atoms with Crippen LogP contribution in [0, 0.1) is 20.2 Å². The van der Waals surface area contributed by atoms with Gasteiger partial charge in [0.15, 0.2) is 0 Å². The van der Waals surface area contributed by atoms with Gasteiger partial charge in [0, 0.05) is 162 Å². The van der Waals surface area contributed by atoms with E-state index >= 15 is 0 Å². The second-order valence-corrected chi connectivity index (χ2v) is 32.2. The van der Waals surface area contributed by atoms with Crippen LogP contribution in [0.3, 0.4) is 0 Å². The molecule has 0 saturated carbocycles. The zero-order valence-corrected chi connectivity index (χ0v) is 71.0. The predicted molar refractivity (Wildman–Crippen MR) is 484 cm³/mol. The monoisotopic (exact) mass is 1810 g/mol. The number of nitrogens with one attached hydrogen (secondary N) is 4. The number of rotatable bonds is 23. The SMILES string of the molecule is Nc1ccc(N2CCCCC2)cc1-c1cc(Nc2cccc(C(F)(F)F)c2)ncn1.O=C(O)CCSCc1cccc(C(=O)Nc2ccc(N3CCCCC3)cc2-c2cc(Nc3cccc(C(F)(F)F)c3)ncn2)c1.O=[N+]([O-])c1ccc(N2CCCCC2)cc1-c1cc(Cl)ncn1.O=[N+]([O-])c1ccc(N2CCCCC2)cc1-c1cc(Nc2cccc(C(F)(F)F)c2)ncn1. The summed E-state index contributed by atoms with van der Waals surface area (Å²) in [6, 6.07) is 49.9. The molecule has 12 aromatic rings. The number of carboxylic acids is 1. The zero-order valence-electron chi connectivity index (χ0n) is 69.5. The average molecular weight is 1810 g/mol. The highest BCUT2D eigenvalue weighted by Crippen LogP contribution is 2.42. The molecule has 4 aliphatic heterocycles. The molecule has 0 aliphatic carbocycles. The number of nitrogens with two attached hydrogens (primary N) is 1. The Morgan fingerprint density at radius 3 is 1.17 bits per heavy atom. The molecule has 4 fully saturated rings. The van der Waals surface area contributed by atoms with Gasteiger partial charge in [0.05, 0.1) is 72.5 Å². The molecule has 4 saturated heterocycles. The first kappa shape index (κ1) is 92.9. The molecule has 0 unspecified atom stereocenters. The third-order valence-corrected chi connectivity index (χ3v) is 22.8. The highest BCUT2D eigenvalue weighted by atomic mass is 35.5. The lowest BCUT2D eigenvalue weighted by Gasteiger charge is -2.29. The molecule has 8 heterocycles. The maximum atomic E-state index is 13.4. The van der Waals surface area contributed by atoms with Gasteiger partial charge >= 0.3 is 24.5 Å². The number of halogens is 10. The standard InChI is InChI=1S/C33H32F3N5O3S.C22H20F3N5O2.C22H22F3N5.C15H15ClN4O2/c34-33(35,36)24-8-5-9-25(17-24)39-30-19-29(37-21-38-30)27-18-26(41-13-2-1-3-14-41)10-11-28(27)40-32(44)23-7-4-6-22(16-23)20-45-15-12-31(42)43;23-22(24,25)15-5-4-6-16(11-15)28-21-13-19(26-14-27-21)18-12-17(7-8-20(18)30(31)32)29-9-2-1-3-10-29;23-22(24,25)15-5-4-6-16(11-15)29-21-13-20(27-14-28-21)18-12-17(7-8-19(18)26)30-9-2-1-3-10-30;16-15-9-13(17-10-18-15)12-8-11(4-5-14(12)20(21)22)19-6-2-1-3-7-19/h4-11,16-19,21H,1-3,12-15,20H2,(H,40,44)(H,42,43)(H,37,38,39);4-8,11-14H,1-3,9-10H2,(H,26,27,28);4-8,11-14H,1-3,9-10,26H2,(H,27,28,29);4-5,8-10H,1-3,6-7H2. The Balaban J connectivity index is 0.000000151. The summed E-state index contributed by atoms with van der Waals surface area (Å²) >= 11 is 7.37. The summed E-state index contributed by atoms with van der Waals surface area (Å²) in [7, 11) is 0. The molecule has 0 spiro atoms. The van der Waals surface area contributed by atoms with Crippen molar-refractivity contribution in [3.8, 4) is 45.0 Å². The van der Waals surface area contributed by atoms with Crippen LogP contribution >= 0.6 is 23.4 Å². The molecule has 4 aliphatic rings. The van der Waals surface area contributed by atoms with Crippen molar-refractivity contribution in [2.24, 2.45) is 0 Å². The van der Waals surface area contributed by atoms with Crippen molar-refractivity contribution in [1.29, 1.82) is 0 Å². The summed E-state index contributed by atoms with van der Waals surface area (Å²) in [5, 5.41) is 43.7. The molecule has 26 nitrogen and oxygen atoms in total. The molecule has 0 atom stereocenters. The number of anilines is 12. The summed E-state index contributed by atoms with van der Waals surface area (Å²) in [6.45, 7) is 7.55. The van der Waals surface area contributed by atoms with E-state index in [-0.39, 0.29) is 46.0 Å². The van der Waals surface area contributed by atoms with Gasteiger partial charge in [-0.2, -0.15) is 51.3 Å². The van der Waals surface area contributed by atoms with Gasteiger partial charge in [-0.25, -0.2) is 39.9 Å². The zero-order chi connectivity index (χ0) is 91.2. The van der Waals surface area contributed by atoms with Crippen molar-refractivity contribution in [1.82, 2.24) is 39.9 Å². The van der Waals surface area contributed by atoms with E-state index < -0.39 is 51.0 Å². The summed E-state index contributed by atoms with van der Waals surface area (Å²) in [5.74, 6) is 0.798. The van der Waals surface area contributed by atoms with Crippen LogP contribution in [-0.4, -0.2) is 125 Å². The van der Waals surface area contributed by atoms with Crippen molar-refractivity contribution in [3.63, 3.8) is 0 Å². The smallest absolute Gasteiger partial charge is 0.416 e. The van der Waals surface area contributed by atoms with E-state index in [0.29, 0.717) is 85.2 Å². The van der Waals surface area contributed by atoms with E-state index in [1.807, 2.05) is 48.5 Å². The molecule has 16 rings (SSSR count). The maximum absolute atomic E-state index is 13.4. The van der Waals surface area contributed by atoms with Crippen molar-refractivity contribution in [3.05, 3.63) is 273 Å². The number of aromatic nitrogens is 8. The fourth-order valence-corrected chi connectivity index (χ4v) is 16.1. The average Bonchev–Trinajstić information content (AvgIpc) is 0.817. The van der Waals surface area contributed by atoms with Gasteiger partial charge in [-0.15, -0.1) is 0 Å². The minimum Gasteiger partial charge on any atom is -0.481 e. The molecular weight excluding hydrogens is 1720 g/mol. The molecule has 0 bridgehead atoms. The Morgan fingerprint density at radius 2 is 0.775 bits per heavy atom. The first-order valence-electron chi connectivity index (χ1n) is 41.6. The lowest BCUT2D eigenvalue weighted by atomic mass is 10.0. The normalized spacial score (nSPS) is 14.1. The van der Waals surface area contributed by atoms with Crippen LogP contribution in [0.1, 0.15) is 116 Å². The molecule has 670 valence electrons. The third-order valence-electron chi connectivity index (χ3n) is 21.6.